The van der Waals surface area contributed by atoms with E-state index in [4.69, 9.17) is 5.73 Å². The molecule has 1 rings (SSSR count). The molecule has 0 saturated heterocycles. The lowest BCUT2D eigenvalue weighted by molar-refractivity contribution is -0.147. The molecule has 1 amide bonds. The van der Waals surface area contributed by atoms with E-state index in [9.17, 15) is 18.0 Å². The molecule has 1 atom stereocenters. The van der Waals surface area contributed by atoms with Crippen LogP contribution in [0.2, 0.25) is 0 Å². The second-order valence-electron chi connectivity index (χ2n) is 5.12. The van der Waals surface area contributed by atoms with Crippen LogP contribution >= 0.6 is 0 Å². The smallest absolute Gasteiger partial charge is 0.326 e. The molecule has 0 aliphatic carbocycles. The van der Waals surface area contributed by atoms with Crippen molar-refractivity contribution in [1.29, 1.82) is 0 Å². The van der Waals surface area contributed by atoms with Crippen molar-refractivity contribution in [1.82, 2.24) is 4.72 Å². The van der Waals surface area contributed by atoms with Crippen LogP contribution < -0.4 is 10.5 Å². The number of rotatable bonds is 6. The number of hydrogen-bond acceptors (Lipinski definition) is 5. The lowest BCUT2D eigenvalue weighted by Crippen LogP contribution is -2.52. The minimum Gasteiger partial charge on any atom is -0.468 e. The average Bonchev–Trinajstić information content (AvgIpc) is 2.45. The number of carbonyl (C=O) groups excluding carboxylic acids is 2. The summed E-state index contributed by atoms with van der Waals surface area (Å²) in [7, 11) is -2.83. The van der Waals surface area contributed by atoms with Crippen molar-refractivity contribution in [3.63, 3.8) is 0 Å². The number of ether oxygens (including phenoxy) is 1. The summed E-state index contributed by atoms with van der Waals surface area (Å²) < 4.78 is 31.8. The van der Waals surface area contributed by atoms with E-state index in [0.29, 0.717) is 5.56 Å². The fraction of sp³-hybridized carbons (Fsp3) is 0.429. The highest BCUT2D eigenvalue weighted by Gasteiger charge is 2.37. The van der Waals surface area contributed by atoms with Crippen LogP contribution in [0.1, 0.15) is 36.2 Å². The Hall–Kier alpha value is -1.93. The molecule has 0 fully saturated rings. The van der Waals surface area contributed by atoms with Crippen LogP contribution in [0.4, 0.5) is 0 Å². The van der Waals surface area contributed by atoms with Crippen molar-refractivity contribution < 1.29 is 22.7 Å². The van der Waals surface area contributed by atoms with Gasteiger partial charge in [0.15, 0.2) is 0 Å². The van der Waals surface area contributed by atoms with Crippen LogP contribution in [0.15, 0.2) is 23.1 Å². The molecule has 0 aliphatic rings. The first-order valence-electron chi connectivity index (χ1n) is 6.60. The number of methoxy groups -OCH3 is 1. The molecule has 8 heteroatoms. The molecule has 7 nitrogen and oxygen atoms in total. The minimum absolute atomic E-state index is 0.110. The topological polar surface area (TPSA) is 116 Å². The number of carbonyl (C=O) groups is 2. The van der Waals surface area contributed by atoms with Gasteiger partial charge in [-0.05, 0) is 38.0 Å². The van der Waals surface area contributed by atoms with E-state index in [1.54, 1.807) is 13.8 Å². The zero-order valence-electron chi connectivity index (χ0n) is 13.0. The van der Waals surface area contributed by atoms with Gasteiger partial charge in [0.05, 0.1) is 12.0 Å². The van der Waals surface area contributed by atoms with Crippen LogP contribution in [0, 0.1) is 6.92 Å². The normalized spacial score (nSPS) is 14.2. The first-order chi connectivity index (χ1) is 10.1. The van der Waals surface area contributed by atoms with Crippen molar-refractivity contribution in [2.45, 2.75) is 37.6 Å². The molecule has 22 heavy (non-hydrogen) atoms. The van der Waals surface area contributed by atoms with Gasteiger partial charge in [-0.1, -0.05) is 13.0 Å². The molecule has 0 aromatic heterocycles. The molecule has 0 spiro atoms. The minimum atomic E-state index is -4.02. The second-order valence-corrected chi connectivity index (χ2v) is 6.81. The zero-order chi connectivity index (χ0) is 17.1. The number of hydrogen-bond donors (Lipinski definition) is 2. The van der Waals surface area contributed by atoms with Crippen LogP contribution in [-0.2, 0) is 19.6 Å². The van der Waals surface area contributed by atoms with Gasteiger partial charge in [0.2, 0.25) is 15.9 Å². The Morgan fingerprint density at radius 1 is 1.36 bits per heavy atom. The van der Waals surface area contributed by atoms with Crippen molar-refractivity contribution in [3.05, 3.63) is 29.3 Å². The zero-order valence-corrected chi connectivity index (χ0v) is 13.8. The van der Waals surface area contributed by atoms with Gasteiger partial charge in [-0.25, -0.2) is 8.42 Å². The Balaban J connectivity index is 3.28. The predicted octanol–water partition coefficient (Wildman–Crippen LogP) is 0.714. The molecule has 1 aromatic rings. The number of esters is 1. The highest BCUT2D eigenvalue weighted by molar-refractivity contribution is 7.89. The second kappa shape index (κ2) is 6.45. The summed E-state index contributed by atoms with van der Waals surface area (Å²) in [6, 6.07) is 4.01. The summed E-state index contributed by atoms with van der Waals surface area (Å²) in [5.74, 6) is -1.42. The summed E-state index contributed by atoms with van der Waals surface area (Å²) >= 11 is 0. The molecule has 3 N–H and O–H groups in total. The molecule has 1 aromatic carbocycles. The van der Waals surface area contributed by atoms with Crippen LogP contribution in [-0.4, -0.2) is 32.9 Å². The van der Waals surface area contributed by atoms with E-state index in [2.05, 4.69) is 9.46 Å². The number of sulfonamides is 1. The summed E-state index contributed by atoms with van der Waals surface area (Å²) in [6.07, 6.45) is 0.202. The van der Waals surface area contributed by atoms with Crippen LogP contribution in [0.5, 0.6) is 0 Å². The molecular weight excluding hydrogens is 308 g/mol. The largest absolute Gasteiger partial charge is 0.468 e. The molecule has 0 aliphatic heterocycles. The van der Waals surface area contributed by atoms with Crippen molar-refractivity contribution >= 4 is 21.9 Å². The van der Waals surface area contributed by atoms with Gasteiger partial charge in [-0.2, -0.15) is 4.72 Å². The quantitative estimate of drug-likeness (QED) is 0.746. The fourth-order valence-electron chi connectivity index (χ4n) is 1.87. The number of aryl methyl sites for hydroxylation is 1. The Morgan fingerprint density at radius 2 is 1.95 bits per heavy atom. The highest BCUT2D eigenvalue weighted by atomic mass is 32.2. The van der Waals surface area contributed by atoms with Gasteiger partial charge in [0, 0.05) is 5.56 Å². The van der Waals surface area contributed by atoms with E-state index in [1.165, 1.54) is 32.2 Å². The van der Waals surface area contributed by atoms with Crippen LogP contribution in [0.3, 0.4) is 0 Å². The van der Waals surface area contributed by atoms with Gasteiger partial charge in [0.1, 0.15) is 5.54 Å². The number of primary amides is 1. The molecule has 0 bridgehead atoms. The average molecular weight is 328 g/mol. The maximum Gasteiger partial charge on any atom is 0.326 e. The third-order valence-corrected chi connectivity index (χ3v) is 5.08. The fourth-order valence-corrected chi connectivity index (χ4v) is 3.33. The van der Waals surface area contributed by atoms with E-state index >= 15 is 0 Å². The molecular formula is C14H20N2O5S. The standard InChI is InChI=1S/C14H20N2O5S/c1-5-14(3,13(18)21-4)16-22(19,20)10-7-6-9(2)11(8-10)12(15)17/h6-8,16H,5H2,1-4H3,(H2,15,17)/t14-/m1/s1. The van der Waals surface area contributed by atoms with Crippen molar-refractivity contribution in [2.24, 2.45) is 5.73 Å². The number of nitrogens with two attached hydrogens (primary N) is 1. The maximum atomic E-state index is 12.4. The number of benzene rings is 1. The Labute approximate surface area is 129 Å². The Kier molecular flexibility index (Phi) is 5.31. The summed E-state index contributed by atoms with van der Waals surface area (Å²) in [5.41, 5.74) is 4.50. The summed E-state index contributed by atoms with van der Waals surface area (Å²) in [5, 5.41) is 0. The third-order valence-electron chi connectivity index (χ3n) is 3.49. The highest BCUT2D eigenvalue weighted by Crippen LogP contribution is 2.20. The monoisotopic (exact) mass is 328 g/mol. The SMILES string of the molecule is CC[C@@](C)(NS(=O)(=O)c1ccc(C)c(C(N)=O)c1)C(=O)OC. The molecule has 0 radical (unpaired) electrons. The van der Waals surface area contributed by atoms with E-state index < -0.39 is 27.4 Å². The van der Waals surface area contributed by atoms with Gasteiger partial charge in [-0.15, -0.1) is 0 Å². The predicted molar refractivity (Wildman–Crippen MR) is 80.7 cm³/mol. The van der Waals surface area contributed by atoms with Crippen molar-refractivity contribution in [3.8, 4) is 0 Å². The molecule has 0 heterocycles. The third kappa shape index (κ3) is 3.63. The first-order valence-corrected chi connectivity index (χ1v) is 8.08. The summed E-state index contributed by atoms with van der Waals surface area (Å²) in [6.45, 7) is 4.73. The molecule has 0 saturated carbocycles. The van der Waals surface area contributed by atoms with Gasteiger partial charge >= 0.3 is 5.97 Å². The summed E-state index contributed by atoms with van der Waals surface area (Å²) in [4.78, 5) is 23.0. The van der Waals surface area contributed by atoms with E-state index in [-0.39, 0.29) is 16.9 Å². The Morgan fingerprint density at radius 3 is 2.41 bits per heavy atom. The maximum absolute atomic E-state index is 12.4. The lowest BCUT2D eigenvalue weighted by Gasteiger charge is -2.26. The van der Waals surface area contributed by atoms with Gasteiger partial charge in [0.25, 0.3) is 0 Å². The number of nitrogens with one attached hydrogen (secondary N) is 1. The first kappa shape index (κ1) is 18.1. The van der Waals surface area contributed by atoms with E-state index in [1.807, 2.05) is 0 Å². The molecule has 122 valence electrons. The van der Waals surface area contributed by atoms with Crippen molar-refractivity contribution in [2.75, 3.05) is 7.11 Å². The lowest BCUT2D eigenvalue weighted by atomic mass is 10.0. The molecule has 0 unspecified atom stereocenters. The van der Waals surface area contributed by atoms with Gasteiger partial charge in [-0.3, -0.25) is 9.59 Å². The van der Waals surface area contributed by atoms with Gasteiger partial charge < -0.3 is 10.5 Å². The Bertz CT molecular complexity index is 699. The van der Waals surface area contributed by atoms with Crippen LogP contribution in [0.25, 0.3) is 0 Å². The number of amides is 1. The van der Waals surface area contributed by atoms with E-state index in [0.717, 1.165) is 0 Å².